The van der Waals surface area contributed by atoms with Crippen LogP contribution in [0.1, 0.15) is 49.7 Å². The summed E-state index contributed by atoms with van der Waals surface area (Å²) in [6.07, 6.45) is 2.29. The van der Waals surface area contributed by atoms with Crippen molar-refractivity contribution in [2.75, 3.05) is 24.5 Å². The van der Waals surface area contributed by atoms with Crippen LogP contribution < -0.4 is 4.90 Å². The zero-order valence-electron chi connectivity index (χ0n) is 20.2. The summed E-state index contributed by atoms with van der Waals surface area (Å²) < 4.78 is 46.3. The highest BCUT2D eigenvalue weighted by Crippen LogP contribution is 2.40. The minimum atomic E-state index is -3.53. The lowest BCUT2D eigenvalue weighted by atomic mass is 10.2. The third kappa shape index (κ3) is 5.17. The fraction of sp³-hybridized carbons (Fsp3) is 0.583. The summed E-state index contributed by atoms with van der Waals surface area (Å²) in [5.41, 5.74) is 1.01. The molecule has 1 aromatic heterocycles. The van der Waals surface area contributed by atoms with Crippen LogP contribution in [0.15, 0.2) is 24.3 Å². The Morgan fingerprint density at radius 3 is 2.46 bits per heavy atom. The lowest BCUT2D eigenvalue weighted by molar-refractivity contribution is 0.0209. The number of anilines is 1. The normalized spacial score (nSPS) is 22.9. The minimum Gasteiger partial charge on any atom is -0.444 e. The van der Waals surface area contributed by atoms with Crippen molar-refractivity contribution in [2.45, 2.75) is 70.0 Å². The van der Waals surface area contributed by atoms with Crippen LogP contribution in [-0.2, 0) is 33.5 Å². The molecule has 1 aromatic carbocycles. The number of likely N-dealkylation sites (tertiary alicyclic amines) is 1. The molecule has 0 saturated carbocycles. The van der Waals surface area contributed by atoms with E-state index in [1.54, 1.807) is 16.2 Å². The van der Waals surface area contributed by atoms with Gasteiger partial charge in [-0.25, -0.2) is 22.6 Å². The van der Waals surface area contributed by atoms with Crippen LogP contribution in [-0.4, -0.2) is 66.0 Å². The molecule has 2 atom stereocenters. The Bertz CT molecular complexity index is 1200. The van der Waals surface area contributed by atoms with E-state index in [0.717, 1.165) is 28.5 Å². The number of rotatable bonds is 4. The first-order valence-electron chi connectivity index (χ1n) is 12.0. The molecule has 0 N–H and O–H groups in total. The third-order valence-electron chi connectivity index (χ3n) is 6.70. The third-order valence-corrected chi connectivity index (χ3v) is 9.59. The molecule has 2 unspecified atom stereocenters. The van der Waals surface area contributed by atoms with E-state index in [1.807, 2.05) is 20.8 Å². The van der Waals surface area contributed by atoms with Crippen LogP contribution in [0, 0.1) is 5.82 Å². The summed E-state index contributed by atoms with van der Waals surface area (Å²) in [4.78, 5) is 22.6. The monoisotopic (exact) mass is 522 g/mol. The Kier molecular flexibility index (Phi) is 6.29. The Morgan fingerprint density at radius 1 is 1.17 bits per heavy atom. The number of ether oxygens (including phenoxy) is 1. The van der Waals surface area contributed by atoms with Crippen LogP contribution in [0.25, 0.3) is 0 Å². The molecular weight excluding hydrogens is 491 g/mol. The zero-order valence-corrected chi connectivity index (χ0v) is 21.9. The highest BCUT2D eigenvalue weighted by molar-refractivity contribution is 7.88. The Morgan fingerprint density at radius 2 is 1.83 bits per heavy atom. The number of hydrogen-bond donors (Lipinski definition) is 0. The van der Waals surface area contributed by atoms with Crippen LogP contribution in [0.2, 0.25) is 0 Å². The molecule has 4 heterocycles. The van der Waals surface area contributed by atoms with Crippen molar-refractivity contribution >= 4 is 32.6 Å². The van der Waals surface area contributed by atoms with Gasteiger partial charge in [0.1, 0.15) is 11.4 Å². The molecule has 11 heteroatoms. The molecule has 190 valence electrons. The number of piperazine rings is 1. The fourth-order valence-electron chi connectivity index (χ4n) is 5.08. The van der Waals surface area contributed by atoms with E-state index in [1.165, 1.54) is 28.6 Å². The Balaban J connectivity index is 1.27. The van der Waals surface area contributed by atoms with Crippen LogP contribution in [0.5, 0.6) is 0 Å². The number of halogens is 1. The van der Waals surface area contributed by atoms with E-state index in [9.17, 15) is 17.6 Å². The van der Waals surface area contributed by atoms with E-state index in [4.69, 9.17) is 9.72 Å². The molecule has 2 bridgehead atoms. The van der Waals surface area contributed by atoms with Gasteiger partial charge in [-0.15, -0.1) is 11.3 Å². The number of aromatic nitrogens is 1. The van der Waals surface area contributed by atoms with Gasteiger partial charge in [0.15, 0.2) is 5.13 Å². The van der Waals surface area contributed by atoms with E-state index in [2.05, 4.69) is 4.90 Å². The summed E-state index contributed by atoms with van der Waals surface area (Å²) in [6.45, 7) is 7.53. The van der Waals surface area contributed by atoms with Gasteiger partial charge in [-0.05, 0) is 51.3 Å². The average Bonchev–Trinajstić information content (AvgIpc) is 3.30. The van der Waals surface area contributed by atoms with Gasteiger partial charge >= 0.3 is 6.09 Å². The second-order valence-corrected chi connectivity index (χ2v) is 13.5. The number of amides is 1. The van der Waals surface area contributed by atoms with Gasteiger partial charge in [0.2, 0.25) is 10.0 Å². The maximum Gasteiger partial charge on any atom is 0.410 e. The molecule has 5 rings (SSSR count). The molecule has 3 aliphatic heterocycles. The first-order chi connectivity index (χ1) is 16.5. The summed E-state index contributed by atoms with van der Waals surface area (Å²) in [7, 11) is -3.53. The van der Waals surface area contributed by atoms with Gasteiger partial charge in [0, 0.05) is 49.6 Å². The van der Waals surface area contributed by atoms with Crippen molar-refractivity contribution in [3.63, 3.8) is 0 Å². The minimum absolute atomic E-state index is 0.148. The van der Waals surface area contributed by atoms with Gasteiger partial charge in [0.25, 0.3) is 0 Å². The van der Waals surface area contributed by atoms with Crippen LogP contribution in [0.3, 0.4) is 0 Å². The number of fused-ring (bicyclic) bond motifs is 3. The summed E-state index contributed by atoms with van der Waals surface area (Å²) in [5, 5.41) is 0.920. The molecule has 8 nitrogen and oxygen atoms in total. The van der Waals surface area contributed by atoms with Crippen molar-refractivity contribution < 1.29 is 22.3 Å². The second-order valence-electron chi connectivity index (χ2n) is 10.5. The lowest BCUT2D eigenvalue weighted by Gasteiger charge is -2.41. The number of thiazole rings is 1. The average molecular weight is 523 g/mol. The molecule has 35 heavy (non-hydrogen) atoms. The quantitative estimate of drug-likeness (QED) is 0.608. The van der Waals surface area contributed by atoms with E-state index in [0.29, 0.717) is 38.2 Å². The highest BCUT2D eigenvalue weighted by Gasteiger charge is 2.44. The molecule has 0 spiro atoms. The molecule has 0 radical (unpaired) electrons. The van der Waals surface area contributed by atoms with Gasteiger partial charge in [-0.3, -0.25) is 0 Å². The molecule has 2 aromatic rings. The van der Waals surface area contributed by atoms with Crippen molar-refractivity contribution in [2.24, 2.45) is 0 Å². The maximum absolute atomic E-state index is 13.2. The first kappa shape index (κ1) is 24.5. The Hall–Kier alpha value is -2.24. The van der Waals surface area contributed by atoms with Gasteiger partial charge in [-0.1, -0.05) is 12.1 Å². The van der Waals surface area contributed by atoms with Crippen molar-refractivity contribution in [1.29, 1.82) is 0 Å². The molecule has 2 fully saturated rings. The summed E-state index contributed by atoms with van der Waals surface area (Å²) in [6, 6.07) is 5.97. The number of benzene rings is 1. The smallest absolute Gasteiger partial charge is 0.410 e. The van der Waals surface area contributed by atoms with Crippen molar-refractivity contribution in [1.82, 2.24) is 14.2 Å². The van der Waals surface area contributed by atoms with Gasteiger partial charge < -0.3 is 14.5 Å². The van der Waals surface area contributed by atoms with E-state index < -0.39 is 15.6 Å². The molecule has 2 saturated heterocycles. The van der Waals surface area contributed by atoms with E-state index in [-0.39, 0.29) is 29.7 Å². The topological polar surface area (TPSA) is 83.1 Å². The lowest BCUT2D eigenvalue weighted by Crippen LogP contribution is -2.56. The fourth-order valence-corrected chi connectivity index (χ4v) is 7.92. The maximum atomic E-state index is 13.2. The number of sulfonamides is 1. The van der Waals surface area contributed by atoms with Crippen LogP contribution in [0.4, 0.5) is 14.3 Å². The molecule has 3 aliphatic rings. The first-order valence-corrected chi connectivity index (χ1v) is 14.4. The second kappa shape index (κ2) is 9.01. The van der Waals surface area contributed by atoms with E-state index >= 15 is 0 Å². The zero-order chi connectivity index (χ0) is 25.0. The van der Waals surface area contributed by atoms with Gasteiger partial charge in [-0.2, -0.15) is 4.31 Å². The largest absolute Gasteiger partial charge is 0.444 e. The summed E-state index contributed by atoms with van der Waals surface area (Å²) >= 11 is 1.56. The predicted molar refractivity (Wildman–Crippen MR) is 132 cm³/mol. The predicted octanol–water partition coefficient (Wildman–Crippen LogP) is 3.76. The molecule has 0 aliphatic carbocycles. The van der Waals surface area contributed by atoms with Crippen molar-refractivity contribution in [3.8, 4) is 0 Å². The van der Waals surface area contributed by atoms with Gasteiger partial charge in [0.05, 0.1) is 11.4 Å². The molecule has 1 amide bonds. The van der Waals surface area contributed by atoms with Crippen molar-refractivity contribution in [3.05, 3.63) is 46.2 Å². The SMILES string of the molecule is CC(C)(C)OC(=O)N1CC2CCC(C1)N2c1nc2c(s1)CN(S(=O)(=O)Cc1ccc(F)cc1)CC2. The number of carbonyl (C=O) groups excluding carboxylic acids is 1. The highest BCUT2D eigenvalue weighted by atomic mass is 32.2. The number of carbonyl (C=O) groups is 1. The number of nitrogens with zero attached hydrogens (tertiary/aromatic N) is 4. The standard InChI is InChI=1S/C24H31FN4O4S2/c1-24(2,3)33-23(30)27-12-18-8-9-19(13-27)29(18)22-26-20-10-11-28(14-21(20)34-22)35(31,32)15-16-4-6-17(25)7-5-16/h4-7,18-19H,8-15H2,1-3H3. The summed E-state index contributed by atoms with van der Waals surface area (Å²) in [5.74, 6) is -0.530. The van der Waals surface area contributed by atoms with Crippen LogP contribution >= 0.6 is 11.3 Å². The molecular formula is C24H31FN4O4S2. The Labute approximate surface area is 209 Å². The number of hydrogen-bond acceptors (Lipinski definition) is 7.